The lowest BCUT2D eigenvalue weighted by molar-refractivity contribution is 0.925. The molecule has 0 N–H and O–H groups in total. The zero-order valence-corrected chi connectivity index (χ0v) is 35.6. The second-order valence-electron chi connectivity index (χ2n) is 16.4. The molecular formula is C62H46N2. The van der Waals surface area contributed by atoms with E-state index in [1.54, 1.807) is 0 Å². The Morgan fingerprint density at radius 2 is 0.719 bits per heavy atom. The van der Waals surface area contributed by atoms with Gasteiger partial charge in [0.1, 0.15) is 0 Å². The number of benzene rings is 10. The Kier molecular flexibility index (Phi) is 10.5. The van der Waals surface area contributed by atoms with Crippen LogP contribution in [0.4, 0.5) is 28.4 Å². The van der Waals surface area contributed by atoms with Crippen LogP contribution in [0.3, 0.4) is 0 Å². The third-order valence-electron chi connectivity index (χ3n) is 12.5. The minimum Gasteiger partial charge on any atom is -0.313 e. The number of anilines is 5. The highest BCUT2D eigenvalue weighted by Gasteiger charge is 2.24. The number of nitrogens with zero attached hydrogens (tertiary/aromatic N) is 2. The minimum atomic E-state index is 0.920. The zero-order valence-electron chi connectivity index (χ0n) is 35.6. The van der Waals surface area contributed by atoms with Crippen molar-refractivity contribution in [1.82, 2.24) is 0 Å². The molecule has 0 amide bonds. The van der Waals surface area contributed by atoms with Crippen molar-refractivity contribution in [3.05, 3.63) is 266 Å². The Labute approximate surface area is 376 Å². The fourth-order valence-electron chi connectivity index (χ4n) is 9.41. The van der Waals surface area contributed by atoms with Gasteiger partial charge in [0.15, 0.2) is 0 Å². The number of fused-ring (bicyclic) bond motifs is 2. The van der Waals surface area contributed by atoms with E-state index >= 15 is 0 Å². The molecule has 0 saturated heterocycles. The van der Waals surface area contributed by atoms with E-state index in [4.69, 9.17) is 0 Å². The van der Waals surface area contributed by atoms with Gasteiger partial charge in [0.2, 0.25) is 0 Å². The fraction of sp³-hybridized carbons (Fsp3) is 0.0323. The summed E-state index contributed by atoms with van der Waals surface area (Å²) >= 11 is 0. The standard InChI is InChI=1S/C62H46N2/c1-3-17-45(18-4-1)47-37-41-53(42-38-47)63(61-31-15-23-49-21-7-9-25-55(49)61)59-29-13-11-27-57(59)51-33-35-52(36-34-51)58-28-12-14-30-60(58)64(62-32-16-24-50-22-8-10-26-56(50)62)54-43-39-48(40-44-54)46-19-5-2-6-20-46/h1-13,15-29,31-44H,14,30H2. The van der Waals surface area contributed by atoms with Crippen LogP contribution in [-0.2, 0) is 0 Å². The monoisotopic (exact) mass is 818 g/mol. The highest BCUT2D eigenvalue weighted by molar-refractivity contribution is 6.02. The van der Waals surface area contributed by atoms with E-state index in [0.29, 0.717) is 0 Å². The SMILES string of the molecule is C1=CC(c2ccc(-c3ccccc3N(c3ccc(-c4ccccc4)cc3)c3cccc4ccccc34)cc2)=C(N(c2ccc(-c3ccccc3)cc2)c2cccc3ccccc23)CC1. The Morgan fingerprint density at radius 3 is 1.31 bits per heavy atom. The molecule has 10 aromatic rings. The predicted molar refractivity (Wildman–Crippen MR) is 273 cm³/mol. The van der Waals surface area contributed by atoms with Crippen LogP contribution in [0.2, 0.25) is 0 Å². The van der Waals surface area contributed by atoms with Gasteiger partial charge in [0.25, 0.3) is 0 Å². The molecule has 11 rings (SSSR count). The van der Waals surface area contributed by atoms with Crippen LogP contribution in [0, 0.1) is 0 Å². The average molecular weight is 819 g/mol. The summed E-state index contributed by atoms with van der Waals surface area (Å²) in [5.41, 5.74) is 16.6. The van der Waals surface area contributed by atoms with E-state index in [1.807, 2.05) is 0 Å². The molecule has 1 aliphatic carbocycles. The van der Waals surface area contributed by atoms with E-state index in [1.165, 1.54) is 71.9 Å². The molecule has 10 aromatic carbocycles. The smallest absolute Gasteiger partial charge is 0.0540 e. The van der Waals surface area contributed by atoms with Gasteiger partial charge in [-0.2, -0.15) is 0 Å². The second-order valence-corrected chi connectivity index (χ2v) is 16.4. The van der Waals surface area contributed by atoms with Gasteiger partial charge in [0, 0.05) is 39.0 Å². The number of allylic oxidation sites excluding steroid dienone is 4. The van der Waals surface area contributed by atoms with E-state index < -0.39 is 0 Å². The van der Waals surface area contributed by atoms with Gasteiger partial charge in [-0.15, -0.1) is 0 Å². The van der Waals surface area contributed by atoms with Crippen LogP contribution in [0.25, 0.3) is 60.5 Å². The molecule has 2 nitrogen and oxygen atoms in total. The summed E-state index contributed by atoms with van der Waals surface area (Å²) in [6, 6.07) is 88.1. The van der Waals surface area contributed by atoms with Crippen molar-refractivity contribution >= 4 is 55.6 Å². The first kappa shape index (κ1) is 38.7. The Bertz CT molecular complexity index is 3280. The molecule has 0 spiro atoms. The maximum Gasteiger partial charge on any atom is 0.0540 e. The van der Waals surface area contributed by atoms with Gasteiger partial charge in [-0.25, -0.2) is 0 Å². The highest BCUT2D eigenvalue weighted by Crippen LogP contribution is 2.45. The number of hydrogen-bond acceptors (Lipinski definition) is 2. The summed E-state index contributed by atoms with van der Waals surface area (Å²) in [4.78, 5) is 4.93. The van der Waals surface area contributed by atoms with Crippen LogP contribution in [0.1, 0.15) is 18.4 Å². The van der Waals surface area contributed by atoms with E-state index in [2.05, 4.69) is 265 Å². The predicted octanol–water partition coefficient (Wildman–Crippen LogP) is 17.4. The minimum absolute atomic E-state index is 0.920. The molecule has 64 heavy (non-hydrogen) atoms. The molecule has 1 aliphatic rings. The van der Waals surface area contributed by atoms with Gasteiger partial charge >= 0.3 is 0 Å². The summed E-state index contributed by atoms with van der Waals surface area (Å²) in [5, 5.41) is 4.88. The lowest BCUT2D eigenvalue weighted by atomic mass is 9.92. The summed E-state index contributed by atoms with van der Waals surface area (Å²) in [6.45, 7) is 0. The summed E-state index contributed by atoms with van der Waals surface area (Å²) in [7, 11) is 0. The maximum absolute atomic E-state index is 2.50. The van der Waals surface area contributed by atoms with Crippen molar-refractivity contribution < 1.29 is 0 Å². The van der Waals surface area contributed by atoms with Crippen molar-refractivity contribution in [3.63, 3.8) is 0 Å². The molecule has 0 saturated carbocycles. The normalized spacial score (nSPS) is 12.4. The molecule has 2 heteroatoms. The molecule has 304 valence electrons. The second kappa shape index (κ2) is 17.3. The first-order chi connectivity index (χ1) is 31.8. The Balaban J connectivity index is 1.02. The highest BCUT2D eigenvalue weighted by atomic mass is 15.2. The van der Waals surface area contributed by atoms with Crippen LogP contribution < -0.4 is 9.80 Å². The van der Waals surface area contributed by atoms with Crippen molar-refractivity contribution in [3.8, 4) is 33.4 Å². The first-order valence-corrected chi connectivity index (χ1v) is 22.2. The fourth-order valence-corrected chi connectivity index (χ4v) is 9.41. The summed E-state index contributed by atoms with van der Waals surface area (Å²) in [6.07, 6.45) is 6.56. The van der Waals surface area contributed by atoms with Gasteiger partial charge in [0.05, 0.1) is 17.1 Å². The van der Waals surface area contributed by atoms with Crippen molar-refractivity contribution in [1.29, 1.82) is 0 Å². The Morgan fingerprint density at radius 1 is 0.297 bits per heavy atom. The van der Waals surface area contributed by atoms with Crippen molar-refractivity contribution in [2.45, 2.75) is 12.8 Å². The number of rotatable bonds is 10. The topological polar surface area (TPSA) is 6.48 Å². The van der Waals surface area contributed by atoms with E-state index in [0.717, 1.165) is 41.2 Å². The lowest BCUT2D eigenvalue weighted by Crippen LogP contribution is -2.19. The summed E-state index contributed by atoms with van der Waals surface area (Å²) < 4.78 is 0. The maximum atomic E-state index is 2.50. The third kappa shape index (κ3) is 7.46. The van der Waals surface area contributed by atoms with Crippen LogP contribution in [-0.4, -0.2) is 0 Å². The van der Waals surface area contributed by atoms with Crippen LogP contribution in [0.5, 0.6) is 0 Å². The average Bonchev–Trinajstić information content (AvgIpc) is 3.38. The molecule has 0 radical (unpaired) electrons. The molecule has 0 fully saturated rings. The van der Waals surface area contributed by atoms with Crippen molar-refractivity contribution in [2.24, 2.45) is 0 Å². The molecule has 0 heterocycles. The first-order valence-electron chi connectivity index (χ1n) is 22.2. The van der Waals surface area contributed by atoms with Crippen LogP contribution >= 0.6 is 0 Å². The zero-order chi connectivity index (χ0) is 42.7. The molecule has 0 atom stereocenters. The largest absolute Gasteiger partial charge is 0.313 e. The van der Waals surface area contributed by atoms with Crippen molar-refractivity contribution in [2.75, 3.05) is 9.80 Å². The van der Waals surface area contributed by atoms with Gasteiger partial charge in [-0.3, -0.25) is 0 Å². The third-order valence-corrected chi connectivity index (χ3v) is 12.5. The molecule has 0 aromatic heterocycles. The number of hydrogen-bond donors (Lipinski definition) is 0. The Hall–Kier alpha value is -8.20. The van der Waals surface area contributed by atoms with E-state index in [-0.39, 0.29) is 0 Å². The quantitative estimate of drug-likeness (QED) is 0.136. The molecule has 0 unspecified atom stereocenters. The number of para-hydroxylation sites is 1. The van der Waals surface area contributed by atoms with Crippen LogP contribution in [0.15, 0.2) is 261 Å². The lowest BCUT2D eigenvalue weighted by Gasteiger charge is -2.32. The molecule has 0 aliphatic heterocycles. The van der Waals surface area contributed by atoms with E-state index in [9.17, 15) is 0 Å². The molecule has 0 bridgehead atoms. The van der Waals surface area contributed by atoms with Gasteiger partial charge in [-0.05, 0) is 99.5 Å². The summed E-state index contributed by atoms with van der Waals surface area (Å²) in [5.74, 6) is 0. The van der Waals surface area contributed by atoms with Gasteiger partial charge in [-0.1, -0.05) is 212 Å². The molecular weight excluding hydrogens is 773 g/mol. The van der Waals surface area contributed by atoms with Gasteiger partial charge < -0.3 is 9.80 Å².